The van der Waals surface area contributed by atoms with Crippen molar-refractivity contribution in [2.24, 2.45) is 11.8 Å². The molecule has 6 heteroatoms. The maximum absolute atomic E-state index is 12.4. The van der Waals surface area contributed by atoms with Crippen molar-refractivity contribution in [2.75, 3.05) is 0 Å². The van der Waals surface area contributed by atoms with Crippen molar-refractivity contribution in [3.63, 3.8) is 0 Å². The Kier molecular flexibility index (Phi) is 12.3. The summed E-state index contributed by atoms with van der Waals surface area (Å²) in [5.41, 5.74) is 2.55. The summed E-state index contributed by atoms with van der Waals surface area (Å²) in [4.78, 5) is 44.6. The summed E-state index contributed by atoms with van der Waals surface area (Å²) < 4.78 is 0. The predicted molar refractivity (Wildman–Crippen MR) is 123 cm³/mol. The number of hydrogen-bond acceptors (Lipinski definition) is 4. The Balaban J connectivity index is 0.000000389. The van der Waals surface area contributed by atoms with Crippen LogP contribution in [0.3, 0.4) is 0 Å². The molecular formula is C26H32O6. The second kappa shape index (κ2) is 14.7. The average Bonchev–Trinajstić information content (AvgIpc) is 2.80. The fraction of sp³-hybridized carbons (Fsp3) is 0.385. The summed E-state index contributed by atoms with van der Waals surface area (Å²) in [6.07, 6.45) is 3.73. The van der Waals surface area contributed by atoms with Crippen LogP contribution in [0, 0.1) is 11.8 Å². The van der Waals surface area contributed by atoms with Crippen LogP contribution in [0.4, 0.5) is 0 Å². The summed E-state index contributed by atoms with van der Waals surface area (Å²) in [6, 6.07) is 16.3. The van der Waals surface area contributed by atoms with Gasteiger partial charge in [-0.15, -0.1) is 0 Å². The third kappa shape index (κ3) is 9.69. The van der Waals surface area contributed by atoms with E-state index in [1.165, 1.54) is 5.56 Å². The number of carboxylic acids is 2. The molecule has 0 heterocycles. The molecule has 0 aliphatic rings. The summed E-state index contributed by atoms with van der Waals surface area (Å²) in [5.74, 6) is -3.32. The molecule has 0 bridgehead atoms. The summed E-state index contributed by atoms with van der Waals surface area (Å²) >= 11 is 0. The van der Waals surface area contributed by atoms with Crippen molar-refractivity contribution in [3.05, 3.63) is 71.3 Å². The molecule has 2 atom stereocenters. The van der Waals surface area contributed by atoms with Gasteiger partial charge in [0.15, 0.2) is 5.78 Å². The van der Waals surface area contributed by atoms with E-state index in [0.717, 1.165) is 24.7 Å². The molecule has 6 nitrogen and oxygen atoms in total. The Hall–Kier alpha value is -3.28. The molecule has 32 heavy (non-hydrogen) atoms. The minimum absolute atomic E-state index is 0.140. The van der Waals surface area contributed by atoms with Crippen molar-refractivity contribution in [3.8, 4) is 0 Å². The summed E-state index contributed by atoms with van der Waals surface area (Å²) in [6.45, 7) is 3.90. The average molecular weight is 441 g/mol. The SMILES string of the molecule is CCC(CC(CCC(=O)O)C(=O)c1ccccc1)C(=O)O.CCCc1ccc(C=O)cc1. The first-order chi connectivity index (χ1) is 15.3. The molecule has 0 aromatic heterocycles. The second-order valence-corrected chi connectivity index (χ2v) is 7.65. The van der Waals surface area contributed by atoms with Gasteiger partial charge in [0.1, 0.15) is 6.29 Å². The minimum Gasteiger partial charge on any atom is -0.481 e. The van der Waals surface area contributed by atoms with E-state index in [-0.39, 0.29) is 25.0 Å². The molecule has 0 fully saturated rings. The van der Waals surface area contributed by atoms with Crippen LogP contribution in [0.2, 0.25) is 0 Å². The number of rotatable bonds is 12. The van der Waals surface area contributed by atoms with Crippen molar-refractivity contribution < 1.29 is 29.4 Å². The third-order valence-electron chi connectivity index (χ3n) is 5.20. The Bertz CT molecular complexity index is 858. The molecule has 2 aromatic carbocycles. The molecule has 2 aromatic rings. The number of hydrogen-bond donors (Lipinski definition) is 2. The molecule has 2 rings (SSSR count). The van der Waals surface area contributed by atoms with Crippen molar-refractivity contribution >= 4 is 24.0 Å². The predicted octanol–water partition coefficient (Wildman–Crippen LogP) is 5.30. The molecule has 0 saturated heterocycles. The van der Waals surface area contributed by atoms with Crippen LogP contribution in [0.5, 0.6) is 0 Å². The third-order valence-corrected chi connectivity index (χ3v) is 5.20. The van der Waals surface area contributed by atoms with Gasteiger partial charge < -0.3 is 10.2 Å². The number of aryl methyl sites for hydroxylation is 1. The largest absolute Gasteiger partial charge is 0.481 e. The highest BCUT2D eigenvalue weighted by molar-refractivity contribution is 5.98. The van der Waals surface area contributed by atoms with Gasteiger partial charge in [0, 0.05) is 23.5 Å². The number of aliphatic carboxylic acids is 2. The maximum atomic E-state index is 12.4. The number of carboxylic acid groups (broad SMARTS) is 2. The van der Waals surface area contributed by atoms with Gasteiger partial charge in [-0.05, 0) is 31.2 Å². The highest BCUT2D eigenvalue weighted by atomic mass is 16.4. The molecular weight excluding hydrogens is 408 g/mol. The van der Waals surface area contributed by atoms with E-state index in [9.17, 15) is 19.2 Å². The van der Waals surface area contributed by atoms with Crippen LogP contribution in [0.15, 0.2) is 54.6 Å². The van der Waals surface area contributed by atoms with Gasteiger partial charge in [0.05, 0.1) is 5.92 Å². The Labute approximate surface area is 189 Å². The number of aldehydes is 1. The zero-order valence-corrected chi connectivity index (χ0v) is 18.7. The quantitative estimate of drug-likeness (QED) is 0.342. The van der Waals surface area contributed by atoms with E-state index < -0.39 is 23.8 Å². The van der Waals surface area contributed by atoms with Gasteiger partial charge >= 0.3 is 11.9 Å². The zero-order valence-electron chi connectivity index (χ0n) is 18.7. The minimum atomic E-state index is -0.982. The maximum Gasteiger partial charge on any atom is 0.306 e. The summed E-state index contributed by atoms with van der Waals surface area (Å²) in [7, 11) is 0. The van der Waals surface area contributed by atoms with Gasteiger partial charge in [-0.25, -0.2) is 0 Å². The first kappa shape index (κ1) is 26.8. The first-order valence-electron chi connectivity index (χ1n) is 10.9. The van der Waals surface area contributed by atoms with Gasteiger partial charge in [-0.1, -0.05) is 74.9 Å². The van der Waals surface area contributed by atoms with Crippen LogP contribution in [0.1, 0.15) is 72.2 Å². The second-order valence-electron chi connectivity index (χ2n) is 7.65. The van der Waals surface area contributed by atoms with Crippen LogP contribution >= 0.6 is 0 Å². The van der Waals surface area contributed by atoms with Crippen LogP contribution < -0.4 is 0 Å². The van der Waals surface area contributed by atoms with Gasteiger partial charge in [-0.2, -0.15) is 0 Å². The molecule has 0 saturated carbocycles. The molecule has 2 unspecified atom stereocenters. The molecule has 2 N–H and O–H groups in total. The lowest BCUT2D eigenvalue weighted by atomic mass is 9.84. The lowest BCUT2D eigenvalue weighted by Crippen LogP contribution is -2.23. The van der Waals surface area contributed by atoms with Gasteiger partial charge in [0.25, 0.3) is 0 Å². The lowest BCUT2D eigenvalue weighted by molar-refractivity contribution is -0.142. The fourth-order valence-electron chi connectivity index (χ4n) is 3.33. The van der Waals surface area contributed by atoms with E-state index in [1.807, 2.05) is 24.3 Å². The van der Waals surface area contributed by atoms with E-state index in [1.54, 1.807) is 37.3 Å². The highest BCUT2D eigenvalue weighted by Gasteiger charge is 2.27. The zero-order chi connectivity index (χ0) is 23.9. The number of ketones is 1. The Morgan fingerprint density at radius 1 is 0.906 bits per heavy atom. The normalized spacial score (nSPS) is 12.1. The van der Waals surface area contributed by atoms with E-state index >= 15 is 0 Å². The monoisotopic (exact) mass is 440 g/mol. The molecule has 0 amide bonds. The van der Waals surface area contributed by atoms with Crippen molar-refractivity contribution in [1.82, 2.24) is 0 Å². The number of carbonyl (C=O) groups excluding carboxylic acids is 2. The number of benzene rings is 2. The molecule has 0 aliphatic carbocycles. The van der Waals surface area contributed by atoms with Gasteiger partial charge in [0.2, 0.25) is 0 Å². The Morgan fingerprint density at radius 2 is 1.53 bits per heavy atom. The number of Topliss-reactive ketones (excluding diaryl/α,β-unsaturated/α-hetero) is 1. The van der Waals surface area contributed by atoms with E-state index in [0.29, 0.717) is 12.0 Å². The fourth-order valence-corrected chi connectivity index (χ4v) is 3.33. The smallest absolute Gasteiger partial charge is 0.306 e. The van der Waals surface area contributed by atoms with Crippen LogP contribution in [-0.4, -0.2) is 34.2 Å². The van der Waals surface area contributed by atoms with Crippen molar-refractivity contribution in [1.29, 1.82) is 0 Å². The molecule has 0 aliphatic heterocycles. The van der Waals surface area contributed by atoms with Crippen LogP contribution in [0.25, 0.3) is 0 Å². The van der Waals surface area contributed by atoms with E-state index in [2.05, 4.69) is 6.92 Å². The van der Waals surface area contributed by atoms with Crippen LogP contribution in [-0.2, 0) is 16.0 Å². The van der Waals surface area contributed by atoms with Crippen molar-refractivity contribution in [2.45, 2.75) is 52.4 Å². The van der Waals surface area contributed by atoms with E-state index in [4.69, 9.17) is 10.2 Å². The Morgan fingerprint density at radius 3 is 2.00 bits per heavy atom. The standard InChI is InChI=1S/C16H20O5.C10H12O/c1-2-11(16(20)21)10-13(8-9-14(17)18)15(19)12-6-4-3-5-7-12;1-2-3-9-4-6-10(8-11)7-5-9/h3-7,11,13H,2,8-10H2,1H3,(H,17,18)(H,20,21);4-8H,2-3H2,1H3. The molecule has 0 spiro atoms. The lowest BCUT2D eigenvalue weighted by Gasteiger charge is -2.19. The number of carbonyl (C=O) groups is 4. The molecule has 0 radical (unpaired) electrons. The van der Waals surface area contributed by atoms with Gasteiger partial charge in [-0.3, -0.25) is 19.2 Å². The summed E-state index contributed by atoms with van der Waals surface area (Å²) in [5, 5.41) is 17.9. The molecule has 172 valence electrons. The first-order valence-corrected chi connectivity index (χ1v) is 10.9. The highest BCUT2D eigenvalue weighted by Crippen LogP contribution is 2.24. The topological polar surface area (TPSA) is 109 Å².